The van der Waals surface area contributed by atoms with Crippen molar-refractivity contribution in [2.75, 3.05) is 26.8 Å². The fourth-order valence-corrected chi connectivity index (χ4v) is 2.93. The largest absolute Gasteiger partial charge is 0.481 e. The third kappa shape index (κ3) is 3.85. The van der Waals surface area contributed by atoms with Crippen LogP contribution in [0.3, 0.4) is 0 Å². The lowest BCUT2D eigenvalue weighted by Crippen LogP contribution is -2.50. The molecule has 1 fully saturated rings. The SMILES string of the molecule is COCC[C@@]1(C(=O)O)CCCN(C(=O)CCn2cccn2)C1. The highest BCUT2D eigenvalue weighted by molar-refractivity contribution is 5.79. The second-order valence-corrected chi connectivity index (χ2v) is 5.77. The first kappa shape index (κ1) is 16.5. The molecule has 0 unspecified atom stereocenters. The Kier molecular flexibility index (Phi) is 5.54. The minimum atomic E-state index is -0.879. The van der Waals surface area contributed by atoms with E-state index >= 15 is 0 Å². The number of piperidine rings is 1. The lowest BCUT2D eigenvalue weighted by Gasteiger charge is -2.40. The van der Waals surface area contributed by atoms with E-state index in [4.69, 9.17) is 4.74 Å². The Labute approximate surface area is 129 Å². The molecule has 1 saturated heterocycles. The first-order valence-electron chi connectivity index (χ1n) is 7.55. The summed E-state index contributed by atoms with van der Waals surface area (Å²) < 4.78 is 6.74. The molecule has 0 spiro atoms. The second-order valence-electron chi connectivity index (χ2n) is 5.77. The van der Waals surface area contributed by atoms with Crippen LogP contribution in [0, 0.1) is 5.41 Å². The molecule has 1 aromatic heterocycles. The number of carbonyl (C=O) groups is 2. The van der Waals surface area contributed by atoms with Gasteiger partial charge in [0, 0.05) is 52.2 Å². The van der Waals surface area contributed by atoms with Crippen LogP contribution in [0.5, 0.6) is 0 Å². The van der Waals surface area contributed by atoms with Crippen LogP contribution in [-0.4, -0.2) is 58.5 Å². The van der Waals surface area contributed by atoms with Gasteiger partial charge in [-0.3, -0.25) is 14.3 Å². The summed E-state index contributed by atoms with van der Waals surface area (Å²) >= 11 is 0. The van der Waals surface area contributed by atoms with Gasteiger partial charge >= 0.3 is 5.97 Å². The van der Waals surface area contributed by atoms with Crippen molar-refractivity contribution in [2.24, 2.45) is 5.41 Å². The van der Waals surface area contributed by atoms with Crippen molar-refractivity contribution in [2.45, 2.75) is 32.2 Å². The Bertz CT molecular complexity index is 503. The maximum absolute atomic E-state index is 12.3. The Balaban J connectivity index is 1.95. The van der Waals surface area contributed by atoms with Gasteiger partial charge < -0.3 is 14.7 Å². The van der Waals surface area contributed by atoms with Gasteiger partial charge in [0.2, 0.25) is 5.91 Å². The molecular weight excluding hydrogens is 286 g/mol. The van der Waals surface area contributed by atoms with E-state index in [0.29, 0.717) is 45.4 Å². The highest BCUT2D eigenvalue weighted by atomic mass is 16.5. The molecule has 0 bridgehead atoms. The van der Waals surface area contributed by atoms with Gasteiger partial charge in [0.05, 0.1) is 5.41 Å². The summed E-state index contributed by atoms with van der Waals surface area (Å²) in [5.74, 6) is -0.854. The lowest BCUT2D eigenvalue weighted by atomic mass is 9.77. The molecule has 2 heterocycles. The maximum Gasteiger partial charge on any atom is 0.311 e. The molecule has 1 amide bonds. The van der Waals surface area contributed by atoms with Crippen molar-refractivity contribution in [3.8, 4) is 0 Å². The predicted molar refractivity (Wildman–Crippen MR) is 79.2 cm³/mol. The molecule has 1 aromatic rings. The lowest BCUT2D eigenvalue weighted by molar-refractivity contribution is -0.156. The number of amides is 1. The number of aromatic nitrogens is 2. The van der Waals surface area contributed by atoms with Crippen LogP contribution in [0.4, 0.5) is 0 Å². The van der Waals surface area contributed by atoms with Crippen molar-refractivity contribution in [1.29, 1.82) is 0 Å². The zero-order valence-corrected chi connectivity index (χ0v) is 12.9. The highest BCUT2D eigenvalue weighted by Crippen LogP contribution is 2.34. The summed E-state index contributed by atoms with van der Waals surface area (Å²) in [5.41, 5.74) is -0.879. The minimum absolute atomic E-state index is 0.0155. The van der Waals surface area contributed by atoms with E-state index in [1.54, 1.807) is 22.9 Å². The Morgan fingerprint density at radius 2 is 2.27 bits per heavy atom. The summed E-state index contributed by atoms with van der Waals surface area (Å²) in [7, 11) is 1.56. The molecule has 1 atom stereocenters. The van der Waals surface area contributed by atoms with Gasteiger partial charge in [-0.25, -0.2) is 0 Å². The summed E-state index contributed by atoms with van der Waals surface area (Å²) in [6, 6.07) is 1.81. The standard InChI is InChI=1S/C15H23N3O4/c1-22-11-6-15(14(20)21)5-2-8-17(12-15)13(19)4-10-18-9-3-7-16-18/h3,7,9H,2,4-6,8,10-12H2,1H3,(H,20,21)/t15-/m0/s1. The van der Waals surface area contributed by atoms with E-state index in [2.05, 4.69) is 5.10 Å². The first-order valence-corrected chi connectivity index (χ1v) is 7.55. The molecule has 1 N–H and O–H groups in total. The summed E-state index contributed by atoms with van der Waals surface area (Å²) in [5, 5.41) is 13.7. The van der Waals surface area contributed by atoms with Crippen LogP contribution >= 0.6 is 0 Å². The van der Waals surface area contributed by atoms with Crippen LogP contribution in [0.2, 0.25) is 0 Å². The zero-order chi connectivity index (χ0) is 16.0. The van der Waals surface area contributed by atoms with E-state index < -0.39 is 11.4 Å². The van der Waals surface area contributed by atoms with E-state index in [-0.39, 0.29) is 12.5 Å². The molecular formula is C15H23N3O4. The van der Waals surface area contributed by atoms with Gasteiger partial charge in [-0.1, -0.05) is 0 Å². The predicted octanol–water partition coefficient (Wildman–Crippen LogP) is 1.00. The molecule has 22 heavy (non-hydrogen) atoms. The number of carbonyl (C=O) groups excluding carboxylic acids is 1. The van der Waals surface area contributed by atoms with Crippen LogP contribution in [0.1, 0.15) is 25.7 Å². The smallest absolute Gasteiger partial charge is 0.311 e. The van der Waals surface area contributed by atoms with Crippen molar-refractivity contribution < 1.29 is 19.4 Å². The maximum atomic E-state index is 12.3. The van der Waals surface area contributed by atoms with E-state index in [9.17, 15) is 14.7 Å². The number of aryl methyl sites for hydroxylation is 1. The average Bonchev–Trinajstić information content (AvgIpc) is 3.04. The van der Waals surface area contributed by atoms with Crippen molar-refractivity contribution >= 4 is 11.9 Å². The number of carboxylic acids is 1. The number of hydrogen-bond acceptors (Lipinski definition) is 4. The molecule has 0 aliphatic carbocycles. The average molecular weight is 309 g/mol. The van der Waals surface area contributed by atoms with E-state index in [1.807, 2.05) is 12.3 Å². The van der Waals surface area contributed by atoms with Crippen molar-refractivity contribution in [3.63, 3.8) is 0 Å². The Morgan fingerprint density at radius 3 is 2.91 bits per heavy atom. The molecule has 122 valence electrons. The number of rotatable bonds is 7. The van der Waals surface area contributed by atoms with Gasteiger partial charge in [0.25, 0.3) is 0 Å². The molecule has 7 nitrogen and oxygen atoms in total. The summed E-state index contributed by atoms with van der Waals surface area (Å²) in [6.45, 7) is 1.80. The number of ether oxygens (including phenoxy) is 1. The van der Waals surface area contributed by atoms with Crippen LogP contribution in [-0.2, 0) is 20.9 Å². The van der Waals surface area contributed by atoms with Crippen LogP contribution < -0.4 is 0 Å². The number of aliphatic carboxylic acids is 1. The Morgan fingerprint density at radius 1 is 1.45 bits per heavy atom. The van der Waals surface area contributed by atoms with Gasteiger partial charge in [-0.2, -0.15) is 5.10 Å². The first-order chi connectivity index (χ1) is 10.6. The second kappa shape index (κ2) is 7.40. The topological polar surface area (TPSA) is 84.7 Å². The number of carboxylic acid groups (broad SMARTS) is 1. The number of hydrogen-bond donors (Lipinski definition) is 1. The van der Waals surface area contributed by atoms with E-state index in [0.717, 1.165) is 0 Å². The van der Waals surface area contributed by atoms with Crippen LogP contribution in [0.25, 0.3) is 0 Å². The zero-order valence-electron chi connectivity index (χ0n) is 12.9. The van der Waals surface area contributed by atoms with E-state index in [1.165, 1.54) is 0 Å². The molecule has 0 aromatic carbocycles. The van der Waals surface area contributed by atoms with Gasteiger partial charge in [0.1, 0.15) is 0 Å². The summed E-state index contributed by atoms with van der Waals surface area (Å²) in [6.07, 6.45) is 5.55. The quantitative estimate of drug-likeness (QED) is 0.812. The fourth-order valence-electron chi connectivity index (χ4n) is 2.93. The fraction of sp³-hybridized carbons (Fsp3) is 0.667. The molecule has 1 aliphatic rings. The van der Waals surface area contributed by atoms with Crippen LogP contribution in [0.15, 0.2) is 18.5 Å². The normalized spacial score (nSPS) is 21.8. The highest BCUT2D eigenvalue weighted by Gasteiger charge is 2.43. The summed E-state index contributed by atoms with van der Waals surface area (Å²) in [4.78, 5) is 25.7. The number of nitrogens with zero attached hydrogens (tertiary/aromatic N) is 3. The molecule has 2 rings (SSSR count). The molecule has 7 heteroatoms. The van der Waals surface area contributed by atoms with Crippen molar-refractivity contribution in [1.82, 2.24) is 14.7 Å². The monoisotopic (exact) mass is 309 g/mol. The number of methoxy groups -OCH3 is 1. The molecule has 0 saturated carbocycles. The molecule has 0 radical (unpaired) electrons. The van der Waals surface area contributed by atoms with Gasteiger partial charge in [-0.05, 0) is 25.3 Å². The molecule has 1 aliphatic heterocycles. The third-order valence-electron chi connectivity index (χ3n) is 4.28. The Hall–Kier alpha value is -1.89. The van der Waals surface area contributed by atoms with Gasteiger partial charge in [-0.15, -0.1) is 0 Å². The number of likely N-dealkylation sites (tertiary alicyclic amines) is 1. The third-order valence-corrected chi connectivity index (χ3v) is 4.28. The van der Waals surface area contributed by atoms with Gasteiger partial charge in [0.15, 0.2) is 0 Å². The van der Waals surface area contributed by atoms with Crippen molar-refractivity contribution in [3.05, 3.63) is 18.5 Å². The minimum Gasteiger partial charge on any atom is -0.481 e.